The number of sulfonamides is 1. The predicted octanol–water partition coefficient (Wildman–Crippen LogP) is 1.78. The van der Waals surface area contributed by atoms with Gasteiger partial charge >= 0.3 is 5.97 Å². The Labute approximate surface area is 125 Å². The van der Waals surface area contributed by atoms with Crippen molar-refractivity contribution in [3.05, 3.63) is 33.3 Å². The van der Waals surface area contributed by atoms with Crippen LogP contribution >= 0.6 is 11.6 Å². The Balaban J connectivity index is 3.26. The number of nitro benzene ring substituents is 1. The average Bonchev–Trinajstić information content (AvgIpc) is 2.24. The van der Waals surface area contributed by atoms with Crippen molar-refractivity contribution < 1.29 is 23.2 Å². The molecule has 0 aliphatic carbocycles. The quantitative estimate of drug-likeness (QED) is 0.602. The minimum atomic E-state index is -4.27. The zero-order valence-corrected chi connectivity index (χ0v) is 12.7. The van der Waals surface area contributed by atoms with Crippen molar-refractivity contribution in [2.45, 2.75) is 30.7 Å². The van der Waals surface area contributed by atoms with Gasteiger partial charge in [-0.2, -0.15) is 0 Å². The van der Waals surface area contributed by atoms with Crippen LogP contribution in [0.1, 0.15) is 20.3 Å². The van der Waals surface area contributed by atoms with E-state index in [0.717, 1.165) is 12.1 Å². The van der Waals surface area contributed by atoms with Crippen LogP contribution in [0.3, 0.4) is 0 Å². The fourth-order valence-electron chi connectivity index (χ4n) is 1.69. The third-order valence-corrected chi connectivity index (χ3v) is 4.39. The molecule has 0 atom stereocenters. The molecule has 8 nitrogen and oxygen atoms in total. The molecule has 21 heavy (non-hydrogen) atoms. The van der Waals surface area contributed by atoms with Crippen molar-refractivity contribution in [1.82, 2.24) is 4.72 Å². The van der Waals surface area contributed by atoms with E-state index in [1.807, 2.05) is 0 Å². The maximum absolute atomic E-state index is 12.2. The first-order valence-corrected chi connectivity index (χ1v) is 7.50. The number of halogens is 1. The molecule has 0 saturated carbocycles. The molecule has 0 aromatic heterocycles. The number of benzene rings is 1. The van der Waals surface area contributed by atoms with Gasteiger partial charge < -0.3 is 5.11 Å². The van der Waals surface area contributed by atoms with Crippen LogP contribution in [0, 0.1) is 10.1 Å². The SMILES string of the molecule is CC(C)(CC(=O)O)NS(=O)(=O)c1ccc(Cl)cc1[N+](=O)[O-]. The van der Waals surface area contributed by atoms with Gasteiger partial charge in [0, 0.05) is 16.6 Å². The van der Waals surface area contributed by atoms with Crippen LogP contribution in [0.25, 0.3) is 0 Å². The summed E-state index contributed by atoms with van der Waals surface area (Å²) < 4.78 is 26.6. The van der Waals surface area contributed by atoms with E-state index in [4.69, 9.17) is 16.7 Å². The molecule has 0 heterocycles. The standard InChI is InChI=1S/C11H13ClN2O6S/c1-11(2,6-10(15)16)13-21(19,20)9-4-3-7(12)5-8(9)14(17)18/h3-5,13H,6H2,1-2H3,(H,15,16). The van der Waals surface area contributed by atoms with Gasteiger partial charge in [-0.25, -0.2) is 13.1 Å². The van der Waals surface area contributed by atoms with Crippen LogP contribution in [0.2, 0.25) is 5.02 Å². The molecule has 0 unspecified atom stereocenters. The molecule has 0 saturated heterocycles. The first-order valence-electron chi connectivity index (χ1n) is 5.64. The maximum Gasteiger partial charge on any atom is 0.305 e. The van der Waals surface area contributed by atoms with Gasteiger partial charge in [-0.15, -0.1) is 0 Å². The number of carboxylic acids is 1. The van der Waals surface area contributed by atoms with E-state index in [-0.39, 0.29) is 5.02 Å². The van der Waals surface area contributed by atoms with E-state index < -0.39 is 43.5 Å². The molecule has 1 rings (SSSR count). The smallest absolute Gasteiger partial charge is 0.305 e. The molecule has 1 aromatic rings. The summed E-state index contributed by atoms with van der Waals surface area (Å²) in [5.41, 5.74) is -1.99. The topological polar surface area (TPSA) is 127 Å². The molecular formula is C11H13ClN2O6S. The molecule has 0 fully saturated rings. The monoisotopic (exact) mass is 336 g/mol. The number of aliphatic carboxylic acids is 1. The van der Waals surface area contributed by atoms with Crippen LogP contribution in [0.5, 0.6) is 0 Å². The van der Waals surface area contributed by atoms with Crippen molar-refractivity contribution in [1.29, 1.82) is 0 Å². The lowest BCUT2D eigenvalue weighted by Gasteiger charge is -2.23. The normalized spacial score (nSPS) is 12.1. The Morgan fingerprint density at radius 3 is 2.52 bits per heavy atom. The van der Waals surface area contributed by atoms with Crippen molar-refractivity contribution in [2.24, 2.45) is 0 Å². The van der Waals surface area contributed by atoms with E-state index in [0.29, 0.717) is 0 Å². The van der Waals surface area contributed by atoms with Gasteiger partial charge in [0.1, 0.15) is 0 Å². The van der Waals surface area contributed by atoms with Crippen LogP contribution in [0.15, 0.2) is 23.1 Å². The van der Waals surface area contributed by atoms with Crippen LogP contribution in [-0.2, 0) is 14.8 Å². The molecule has 1 aromatic carbocycles. The third-order valence-electron chi connectivity index (χ3n) is 2.41. The number of nitrogens with one attached hydrogen (secondary N) is 1. The number of hydrogen-bond acceptors (Lipinski definition) is 5. The fourth-order valence-corrected chi connectivity index (χ4v) is 3.43. The van der Waals surface area contributed by atoms with Gasteiger partial charge in [-0.05, 0) is 26.0 Å². The molecule has 0 amide bonds. The van der Waals surface area contributed by atoms with Gasteiger partial charge in [0.15, 0.2) is 4.90 Å². The minimum Gasteiger partial charge on any atom is -0.481 e. The Kier molecular flexibility index (Phi) is 4.92. The number of hydrogen-bond donors (Lipinski definition) is 2. The molecule has 0 aliphatic rings. The van der Waals surface area contributed by atoms with Crippen LogP contribution in [0.4, 0.5) is 5.69 Å². The number of rotatable bonds is 6. The summed E-state index contributed by atoms with van der Waals surface area (Å²) in [7, 11) is -4.27. The highest BCUT2D eigenvalue weighted by molar-refractivity contribution is 7.89. The summed E-state index contributed by atoms with van der Waals surface area (Å²) in [6.07, 6.45) is -0.479. The lowest BCUT2D eigenvalue weighted by molar-refractivity contribution is -0.387. The highest BCUT2D eigenvalue weighted by Crippen LogP contribution is 2.28. The summed E-state index contributed by atoms with van der Waals surface area (Å²) in [5.74, 6) is -1.20. The molecule has 0 radical (unpaired) electrons. The van der Waals surface area contributed by atoms with E-state index in [2.05, 4.69) is 4.72 Å². The lowest BCUT2D eigenvalue weighted by Crippen LogP contribution is -2.44. The van der Waals surface area contributed by atoms with Gasteiger partial charge in [0.05, 0.1) is 11.3 Å². The zero-order valence-electron chi connectivity index (χ0n) is 11.2. The van der Waals surface area contributed by atoms with Crippen molar-refractivity contribution in [3.8, 4) is 0 Å². The molecular weight excluding hydrogens is 324 g/mol. The van der Waals surface area contributed by atoms with E-state index in [1.54, 1.807) is 0 Å². The van der Waals surface area contributed by atoms with E-state index >= 15 is 0 Å². The van der Waals surface area contributed by atoms with Crippen LogP contribution < -0.4 is 4.72 Å². The molecule has 0 bridgehead atoms. The van der Waals surface area contributed by atoms with Crippen molar-refractivity contribution in [3.63, 3.8) is 0 Å². The largest absolute Gasteiger partial charge is 0.481 e. The Morgan fingerprint density at radius 1 is 1.48 bits per heavy atom. The van der Waals surface area contributed by atoms with E-state index in [9.17, 15) is 23.3 Å². The first kappa shape index (κ1) is 17.3. The summed E-state index contributed by atoms with van der Waals surface area (Å²) >= 11 is 5.62. The highest BCUT2D eigenvalue weighted by atomic mass is 35.5. The molecule has 10 heteroatoms. The average molecular weight is 337 g/mol. The number of carboxylic acid groups (broad SMARTS) is 1. The Bertz CT molecular complexity index is 686. The predicted molar refractivity (Wildman–Crippen MR) is 74.8 cm³/mol. The summed E-state index contributed by atoms with van der Waals surface area (Å²) in [6, 6.07) is 3.12. The number of nitrogens with zero attached hydrogens (tertiary/aromatic N) is 1. The second kappa shape index (κ2) is 5.96. The molecule has 2 N–H and O–H groups in total. The third kappa shape index (κ3) is 4.66. The summed E-state index contributed by atoms with van der Waals surface area (Å²) in [5, 5.41) is 19.7. The van der Waals surface area contributed by atoms with Crippen molar-refractivity contribution in [2.75, 3.05) is 0 Å². The van der Waals surface area contributed by atoms with Gasteiger partial charge in [-0.3, -0.25) is 14.9 Å². The Hall–Kier alpha value is -1.71. The summed E-state index contributed by atoms with van der Waals surface area (Å²) in [4.78, 5) is 20.2. The lowest BCUT2D eigenvalue weighted by atomic mass is 10.0. The summed E-state index contributed by atoms with van der Waals surface area (Å²) in [6.45, 7) is 2.72. The second-order valence-electron chi connectivity index (χ2n) is 4.93. The number of nitro groups is 1. The van der Waals surface area contributed by atoms with Gasteiger partial charge in [-0.1, -0.05) is 11.6 Å². The number of carbonyl (C=O) groups is 1. The van der Waals surface area contributed by atoms with Crippen LogP contribution in [-0.4, -0.2) is 30.0 Å². The zero-order chi connectivity index (χ0) is 16.4. The maximum atomic E-state index is 12.2. The molecule has 0 spiro atoms. The second-order valence-corrected chi connectivity index (χ2v) is 7.02. The molecule has 0 aliphatic heterocycles. The minimum absolute atomic E-state index is 0.0189. The Morgan fingerprint density at radius 2 is 2.05 bits per heavy atom. The van der Waals surface area contributed by atoms with Crippen molar-refractivity contribution >= 4 is 33.3 Å². The highest BCUT2D eigenvalue weighted by Gasteiger charge is 2.32. The van der Waals surface area contributed by atoms with E-state index in [1.165, 1.54) is 19.9 Å². The van der Waals surface area contributed by atoms with Gasteiger partial charge in [0.25, 0.3) is 5.69 Å². The van der Waals surface area contributed by atoms with Gasteiger partial charge in [0.2, 0.25) is 10.0 Å². The first-order chi connectivity index (χ1) is 9.44. The molecule has 116 valence electrons. The fraction of sp³-hybridized carbons (Fsp3) is 0.364.